The maximum Gasteiger partial charge on any atom is 0.227 e. The summed E-state index contributed by atoms with van der Waals surface area (Å²) in [5.74, 6) is 1.24. The van der Waals surface area contributed by atoms with Crippen molar-refractivity contribution in [2.75, 3.05) is 0 Å². The molecule has 0 aliphatic heterocycles. The van der Waals surface area contributed by atoms with E-state index in [0.29, 0.717) is 11.5 Å². The third kappa shape index (κ3) is 2.93. The molecule has 0 unspecified atom stereocenters. The molecular formula is C22H14N2O. The van der Waals surface area contributed by atoms with Gasteiger partial charge >= 0.3 is 0 Å². The van der Waals surface area contributed by atoms with Crippen molar-refractivity contribution in [3.63, 3.8) is 0 Å². The van der Waals surface area contributed by atoms with Gasteiger partial charge in [-0.2, -0.15) is 5.26 Å². The molecular weight excluding hydrogens is 308 g/mol. The fraction of sp³-hybridized carbons (Fsp3) is 0. The summed E-state index contributed by atoms with van der Waals surface area (Å²) in [7, 11) is 0. The molecule has 0 bridgehead atoms. The second-order valence-electron chi connectivity index (χ2n) is 5.62. The van der Waals surface area contributed by atoms with E-state index in [9.17, 15) is 0 Å². The normalized spacial score (nSPS) is 10.4. The number of benzene rings is 3. The first kappa shape index (κ1) is 14.9. The van der Waals surface area contributed by atoms with E-state index < -0.39 is 0 Å². The smallest absolute Gasteiger partial charge is 0.227 e. The molecule has 0 radical (unpaired) electrons. The van der Waals surface area contributed by atoms with Crippen molar-refractivity contribution in [3.05, 3.63) is 90.5 Å². The van der Waals surface area contributed by atoms with Crippen molar-refractivity contribution in [3.8, 4) is 40.1 Å². The van der Waals surface area contributed by atoms with Gasteiger partial charge in [0.05, 0.1) is 11.6 Å². The van der Waals surface area contributed by atoms with E-state index in [1.807, 2.05) is 72.8 Å². The van der Waals surface area contributed by atoms with Gasteiger partial charge in [-0.15, -0.1) is 0 Å². The highest BCUT2D eigenvalue weighted by molar-refractivity contribution is 5.79. The van der Waals surface area contributed by atoms with Gasteiger partial charge < -0.3 is 4.42 Å². The summed E-state index contributed by atoms with van der Waals surface area (Å²) < 4.78 is 6.12. The number of aromatic nitrogens is 1. The molecule has 3 aromatic carbocycles. The largest absolute Gasteiger partial charge is 0.435 e. The van der Waals surface area contributed by atoms with E-state index in [-0.39, 0.29) is 0 Å². The molecule has 3 nitrogen and oxygen atoms in total. The Morgan fingerprint density at radius 2 is 1.36 bits per heavy atom. The summed E-state index contributed by atoms with van der Waals surface area (Å²) in [6, 6.07) is 29.3. The molecule has 0 fully saturated rings. The highest BCUT2D eigenvalue weighted by Gasteiger charge is 2.17. The summed E-state index contributed by atoms with van der Waals surface area (Å²) in [6.07, 6.45) is 0. The Labute approximate surface area is 145 Å². The lowest BCUT2D eigenvalue weighted by Gasteiger charge is -2.00. The zero-order valence-electron chi connectivity index (χ0n) is 13.4. The number of rotatable bonds is 3. The zero-order valence-corrected chi connectivity index (χ0v) is 13.4. The van der Waals surface area contributed by atoms with E-state index in [1.54, 1.807) is 12.1 Å². The molecule has 0 saturated carbocycles. The number of hydrogen-bond acceptors (Lipinski definition) is 3. The van der Waals surface area contributed by atoms with Gasteiger partial charge in [0.25, 0.3) is 0 Å². The second-order valence-corrected chi connectivity index (χ2v) is 5.62. The minimum Gasteiger partial charge on any atom is -0.435 e. The van der Waals surface area contributed by atoms with Crippen molar-refractivity contribution < 1.29 is 4.42 Å². The van der Waals surface area contributed by atoms with Crippen LogP contribution in [0.3, 0.4) is 0 Å². The highest BCUT2D eigenvalue weighted by Crippen LogP contribution is 2.35. The van der Waals surface area contributed by atoms with E-state index in [4.69, 9.17) is 14.7 Å². The van der Waals surface area contributed by atoms with Gasteiger partial charge in [-0.1, -0.05) is 66.7 Å². The van der Waals surface area contributed by atoms with Crippen LogP contribution in [-0.4, -0.2) is 4.98 Å². The van der Waals surface area contributed by atoms with Gasteiger partial charge in [0.1, 0.15) is 5.69 Å². The van der Waals surface area contributed by atoms with Gasteiger partial charge in [0.2, 0.25) is 5.89 Å². The van der Waals surface area contributed by atoms with Crippen LogP contribution < -0.4 is 0 Å². The number of nitriles is 1. The average molecular weight is 322 g/mol. The van der Waals surface area contributed by atoms with Crippen molar-refractivity contribution in [1.29, 1.82) is 5.26 Å². The van der Waals surface area contributed by atoms with Crippen LogP contribution in [0.2, 0.25) is 0 Å². The first-order chi connectivity index (χ1) is 12.3. The molecule has 1 heterocycles. The molecule has 118 valence electrons. The number of nitrogens with zero attached hydrogens (tertiary/aromatic N) is 2. The van der Waals surface area contributed by atoms with Gasteiger partial charge in [-0.25, -0.2) is 4.98 Å². The van der Waals surface area contributed by atoms with Gasteiger partial charge in [0, 0.05) is 16.7 Å². The van der Waals surface area contributed by atoms with Crippen LogP contribution in [0.15, 0.2) is 89.3 Å². The van der Waals surface area contributed by atoms with Crippen LogP contribution in [0.25, 0.3) is 34.0 Å². The molecule has 0 amide bonds. The lowest BCUT2D eigenvalue weighted by atomic mass is 10.1. The Kier molecular flexibility index (Phi) is 3.86. The molecule has 3 heteroatoms. The fourth-order valence-corrected chi connectivity index (χ4v) is 2.74. The third-order valence-electron chi connectivity index (χ3n) is 3.95. The monoisotopic (exact) mass is 322 g/mol. The molecule has 0 N–H and O–H groups in total. The van der Waals surface area contributed by atoms with E-state index >= 15 is 0 Å². The summed E-state index contributed by atoms with van der Waals surface area (Å²) in [5, 5.41) is 9.12. The number of oxazole rings is 1. The summed E-state index contributed by atoms with van der Waals surface area (Å²) in [5.41, 5.74) is 4.13. The summed E-state index contributed by atoms with van der Waals surface area (Å²) in [4.78, 5) is 4.73. The van der Waals surface area contributed by atoms with Crippen LogP contribution in [0.1, 0.15) is 5.56 Å². The molecule has 1 aromatic heterocycles. The molecule has 4 aromatic rings. The van der Waals surface area contributed by atoms with Crippen LogP contribution in [-0.2, 0) is 0 Å². The SMILES string of the molecule is N#Cc1cccc(-c2nc(-c3ccccc3)c(-c3ccccc3)o2)c1. The Hall–Kier alpha value is -3.64. The average Bonchev–Trinajstić information content (AvgIpc) is 3.15. The summed E-state index contributed by atoms with van der Waals surface area (Å²) >= 11 is 0. The zero-order chi connectivity index (χ0) is 17.1. The lowest BCUT2D eigenvalue weighted by Crippen LogP contribution is -1.82. The topological polar surface area (TPSA) is 49.8 Å². The third-order valence-corrected chi connectivity index (χ3v) is 3.95. The molecule has 0 saturated heterocycles. The second kappa shape index (κ2) is 6.46. The van der Waals surface area contributed by atoms with Gasteiger partial charge in [-0.05, 0) is 18.2 Å². The number of hydrogen-bond donors (Lipinski definition) is 0. The van der Waals surface area contributed by atoms with Crippen LogP contribution >= 0.6 is 0 Å². The predicted octanol–water partition coefficient (Wildman–Crippen LogP) is 5.55. The van der Waals surface area contributed by atoms with E-state index in [0.717, 1.165) is 28.1 Å². The highest BCUT2D eigenvalue weighted by atomic mass is 16.4. The van der Waals surface area contributed by atoms with E-state index in [2.05, 4.69) is 6.07 Å². The Morgan fingerprint density at radius 3 is 2.04 bits per heavy atom. The summed E-state index contributed by atoms with van der Waals surface area (Å²) in [6.45, 7) is 0. The van der Waals surface area contributed by atoms with Crippen molar-refractivity contribution in [1.82, 2.24) is 4.98 Å². The minimum atomic E-state index is 0.509. The van der Waals surface area contributed by atoms with Crippen LogP contribution in [0, 0.1) is 11.3 Å². The minimum absolute atomic E-state index is 0.509. The van der Waals surface area contributed by atoms with Crippen molar-refractivity contribution >= 4 is 0 Å². The van der Waals surface area contributed by atoms with Gasteiger partial charge in [-0.3, -0.25) is 0 Å². The first-order valence-corrected chi connectivity index (χ1v) is 7.97. The fourth-order valence-electron chi connectivity index (χ4n) is 2.74. The van der Waals surface area contributed by atoms with Crippen molar-refractivity contribution in [2.45, 2.75) is 0 Å². The molecule has 0 atom stereocenters. The van der Waals surface area contributed by atoms with Crippen LogP contribution in [0.4, 0.5) is 0 Å². The molecule has 4 rings (SSSR count). The standard InChI is InChI=1S/C22H14N2O/c23-15-16-8-7-13-19(14-16)22-24-20(17-9-3-1-4-10-17)21(25-22)18-11-5-2-6-12-18/h1-14H. The molecule has 0 aliphatic rings. The van der Waals surface area contributed by atoms with Crippen LogP contribution in [0.5, 0.6) is 0 Å². The van der Waals surface area contributed by atoms with E-state index in [1.165, 1.54) is 0 Å². The quantitative estimate of drug-likeness (QED) is 0.497. The Morgan fingerprint density at radius 1 is 0.720 bits per heavy atom. The maximum atomic E-state index is 9.12. The van der Waals surface area contributed by atoms with Crippen molar-refractivity contribution in [2.24, 2.45) is 0 Å². The Bertz CT molecular complexity index is 987. The molecule has 0 aliphatic carbocycles. The Balaban J connectivity index is 1.91. The molecule has 0 spiro atoms. The first-order valence-electron chi connectivity index (χ1n) is 7.97. The lowest BCUT2D eigenvalue weighted by molar-refractivity contribution is 0.589. The molecule has 25 heavy (non-hydrogen) atoms. The van der Waals surface area contributed by atoms with Gasteiger partial charge in [0.15, 0.2) is 5.76 Å². The maximum absolute atomic E-state index is 9.12. The predicted molar refractivity (Wildman–Crippen MR) is 97.5 cm³/mol.